The summed E-state index contributed by atoms with van der Waals surface area (Å²) in [6.07, 6.45) is 3.13. The highest BCUT2D eigenvalue weighted by Gasteiger charge is 2.21. The molecule has 1 amide bonds. The number of nitrogens with zero attached hydrogens (tertiary/aromatic N) is 3. The van der Waals surface area contributed by atoms with Gasteiger partial charge in [0, 0.05) is 5.02 Å². The molecular weight excluding hydrogens is 297 g/mol. The number of halogens is 2. The van der Waals surface area contributed by atoms with Crippen LogP contribution < -0.4 is 21.9 Å². The van der Waals surface area contributed by atoms with Crippen molar-refractivity contribution in [1.29, 1.82) is 5.26 Å². The lowest BCUT2D eigenvalue weighted by Crippen LogP contribution is -3.00. The highest BCUT2D eigenvalue weighted by Crippen LogP contribution is 2.16. The number of amides is 1. The van der Waals surface area contributed by atoms with Crippen molar-refractivity contribution in [1.82, 2.24) is 0 Å². The number of nitriles is 1. The van der Waals surface area contributed by atoms with Crippen LogP contribution in [0, 0.1) is 11.3 Å². The number of pyridine rings is 1. The second kappa shape index (κ2) is 6.90. The number of rotatable bonds is 1. The molecule has 0 saturated heterocycles. The molecule has 4 nitrogen and oxygen atoms in total. The second-order valence-corrected chi connectivity index (χ2v) is 4.36. The van der Waals surface area contributed by atoms with Gasteiger partial charge in [-0.15, -0.1) is 0 Å². The van der Waals surface area contributed by atoms with Crippen LogP contribution in [0.4, 0.5) is 10.5 Å². The zero-order valence-corrected chi connectivity index (χ0v) is 12.1. The molecule has 0 spiro atoms. The molecule has 6 heteroatoms. The van der Waals surface area contributed by atoms with Crippen molar-refractivity contribution in [3.05, 3.63) is 59.4 Å². The van der Waals surface area contributed by atoms with Crippen molar-refractivity contribution in [2.45, 2.75) is 0 Å². The standard InChI is InChI=1S/C14H11ClN3O.ClH/c1-17(13-4-2-12(15)3-5-13)14(19)18-8-6-11(10-16)7-9-18;/h2-9H,1H3;1H/q+1;/p-1. The van der Waals surface area contributed by atoms with Crippen LogP contribution in [0.15, 0.2) is 48.8 Å². The Kier molecular flexibility index (Phi) is 5.51. The fourth-order valence-corrected chi connectivity index (χ4v) is 1.70. The van der Waals surface area contributed by atoms with Crippen molar-refractivity contribution in [2.24, 2.45) is 0 Å². The number of aromatic nitrogens is 1. The highest BCUT2D eigenvalue weighted by molar-refractivity contribution is 6.30. The van der Waals surface area contributed by atoms with Crippen LogP contribution in [0.1, 0.15) is 5.56 Å². The Labute approximate surface area is 128 Å². The first kappa shape index (κ1) is 16.0. The summed E-state index contributed by atoms with van der Waals surface area (Å²) in [4.78, 5) is 13.7. The van der Waals surface area contributed by atoms with Gasteiger partial charge < -0.3 is 12.4 Å². The Balaban J connectivity index is 0.00000200. The first-order valence-corrected chi connectivity index (χ1v) is 5.94. The van der Waals surface area contributed by atoms with Gasteiger partial charge in [-0.25, -0.2) is 0 Å². The minimum Gasteiger partial charge on any atom is -1.00 e. The van der Waals surface area contributed by atoms with Crippen LogP contribution in [0.5, 0.6) is 0 Å². The van der Waals surface area contributed by atoms with Gasteiger partial charge in [0.1, 0.15) is 18.1 Å². The third-order valence-corrected chi connectivity index (χ3v) is 2.93. The normalized spacial score (nSPS) is 9.25. The zero-order valence-electron chi connectivity index (χ0n) is 10.6. The molecule has 0 N–H and O–H groups in total. The summed E-state index contributed by atoms with van der Waals surface area (Å²) in [5, 5.41) is 9.33. The maximum absolute atomic E-state index is 12.2. The summed E-state index contributed by atoms with van der Waals surface area (Å²) in [7, 11) is 1.68. The van der Waals surface area contributed by atoms with E-state index >= 15 is 0 Å². The average molecular weight is 308 g/mol. The minimum absolute atomic E-state index is 0. The van der Waals surface area contributed by atoms with Gasteiger partial charge in [0.05, 0.1) is 18.7 Å². The third-order valence-electron chi connectivity index (χ3n) is 2.68. The average Bonchev–Trinajstić information content (AvgIpc) is 2.46. The Morgan fingerprint density at radius 3 is 2.25 bits per heavy atom. The predicted octanol–water partition coefficient (Wildman–Crippen LogP) is -0.392. The maximum Gasteiger partial charge on any atom is 0.502 e. The highest BCUT2D eigenvalue weighted by atomic mass is 35.5. The van der Waals surface area contributed by atoms with E-state index in [0.29, 0.717) is 10.6 Å². The summed E-state index contributed by atoms with van der Waals surface area (Å²) in [5.74, 6) is 0. The van der Waals surface area contributed by atoms with Crippen LogP contribution >= 0.6 is 11.6 Å². The van der Waals surface area contributed by atoms with Gasteiger partial charge in [0.25, 0.3) is 0 Å². The molecule has 1 aromatic heterocycles. The first-order chi connectivity index (χ1) is 9.11. The Hall–Kier alpha value is -2.09. The van der Waals surface area contributed by atoms with E-state index in [0.717, 1.165) is 5.69 Å². The lowest BCUT2D eigenvalue weighted by Gasteiger charge is -2.09. The fourth-order valence-electron chi connectivity index (χ4n) is 1.58. The topological polar surface area (TPSA) is 48.0 Å². The van der Waals surface area contributed by atoms with Crippen molar-refractivity contribution in [3.63, 3.8) is 0 Å². The van der Waals surface area contributed by atoms with Crippen LogP contribution in [0.25, 0.3) is 0 Å². The smallest absolute Gasteiger partial charge is 0.502 e. The Morgan fingerprint density at radius 1 is 1.20 bits per heavy atom. The monoisotopic (exact) mass is 307 g/mol. The summed E-state index contributed by atoms with van der Waals surface area (Å²) in [5.41, 5.74) is 1.25. The van der Waals surface area contributed by atoms with Gasteiger partial charge in [0.15, 0.2) is 0 Å². The molecule has 1 heterocycles. The quantitative estimate of drug-likeness (QED) is 0.674. The van der Waals surface area contributed by atoms with E-state index < -0.39 is 0 Å². The van der Waals surface area contributed by atoms with Crippen molar-refractivity contribution < 1.29 is 21.8 Å². The fraction of sp³-hybridized carbons (Fsp3) is 0.0714. The summed E-state index contributed by atoms with van der Waals surface area (Å²) < 4.78 is 1.41. The SMILES string of the molecule is CN(C(=O)[n+]1ccc(C#N)cc1)c1ccc(Cl)cc1.[Cl-]. The van der Waals surface area contributed by atoms with Gasteiger partial charge >= 0.3 is 6.03 Å². The number of carbonyl (C=O) groups excluding carboxylic acids is 1. The molecule has 20 heavy (non-hydrogen) atoms. The molecular formula is C14H11Cl2N3O. The van der Waals surface area contributed by atoms with E-state index in [2.05, 4.69) is 0 Å². The van der Waals surface area contributed by atoms with E-state index in [9.17, 15) is 4.79 Å². The summed E-state index contributed by atoms with van der Waals surface area (Å²) in [6, 6.07) is 12.0. The molecule has 0 bridgehead atoms. The summed E-state index contributed by atoms with van der Waals surface area (Å²) >= 11 is 5.81. The number of benzene rings is 1. The molecule has 1 aromatic carbocycles. The zero-order chi connectivity index (χ0) is 13.8. The predicted molar refractivity (Wildman–Crippen MR) is 72.0 cm³/mol. The Morgan fingerprint density at radius 2 is 1.75 bits per heavy atom. The number of carbonyl (C=O) groups is 1. The molecule has 102 valence electrons. The van der Waals surface area contributed by atoms with Crippen LogP contribution in [-0.2, 0) is 0 Å². The number of anilines is 1. The Bertz CT molecular complexity index is 633. The first-order valence-electron chi connectivity index (χ1n) is 5.57. The van der Waals surface area contributed by atoms with Crippen molar-refractivity contribution in [2.75, 3.05) is 11.9 Å². The largest absolute Gasteiger partial charge is 1.00 e. The van der Waals surface area contributed by atoms with Gasteiger partial charge in [-0.1, -0.05) is 11.6 Å². The lowest BCUT2D eigenvalue weighted by molar-refractivity contribution is -0.569. The molecule has 2 aromatic rings. The van der Waals surface area contributed by atoms with E-state index in [-0.39, 0.29) is 18.4 Å². The molecule has 0 aliphatic carbocycles. The molecule has 0 atom stereocenters. The van der Waals surface area contributed by atoms with E-state index in [1.807, 2.05) is 6.07 Å². The summed E-state index contributed by atoms with van der Waals surface area (Å²) in [6.45, 7) is 0. The number of hydrogen-bond donors (Lipinski definition) is 0. The van der Waals surface area contributed by atoms with Crippen LogP contribution in [-0.4, -0.2) is 13.1 Å². The van der Waals surface area contributed by atoms with E-state index in [1.54, 1.807) is 55.8 Å². The van der Waals surface area contributed by atoms with Crippen LogP contribution in [0.3, 0.4) is 0 Å². The molecule has 2 rings (SSSR count). The van der Waals surface area contributed by atoms with Crippen molar-refractivity contribution >= 4 is 23.3 Å². The molecule has 0 saturated carbocycles. The van der Waals surface area contributed by atoms with Crippen LogP contribution in [0.2, 0.25) is 5.02 Å². The maximum atomic E-state index is 12.2. The third kappa shape index (κ3) is 3.47. The lowest BCUT2D eigenvalue weighted by atomic mass is 10.3. The molecule has 0 aliphatic heterocycles. The van der Waals surface area contributed by atoms with Gasteiger partial charge in [-0.2, -0.15) is 19.5 Å². The number of hydrogen-bond acceptors (Lipinski definition) is 2. The minimum atomic E-state index is -0.216. The van der Waals surface area contributed by atoms with E-state index in [1.165, 1.54) is 9.47 Å². The molecule has 0 aliphatic rings. The van der Waals surface area contributed by atoms with Crippen molar-refractivity contribution in [3.8, 4) is 6.07 Å². The molecule has 0 radical (unpaired) electrons. The second-order valence-electron chi connectivity index (χ2n) is 3.92. The van der Waals surface area contributed by atoms with Gasteiger partial charge in [-0.3, -0.25) is 0 Å². The molecule has 0 fully saturated rings. The molecule has 0 unspecified atom stereocenters. The van der Waals surface area contributed by atoms with Gasteiger partial charge in [0.2, 0.25) is 0 Å². The van der Waals surface area contributed by atoms with E-state index in [4.69, 9.17) is 16.9 Å². The van der Waals surface area contributed by atoms with Gasteiger partial charge in [-0.05, 0) is 36.4 Å².